The highest BCUT2D eigenvalue weighted by molar-refractivity contribution is 14.1. The summed E-state index contributed by atoms with van der Waals surface area (Å²) >= 11 is 5.92. The van der Waals surface area contributed by atoms with Crippen LogP contribution in [-0.4, -0.2) is 13.7 Å². The Morgan fingerprint density at radius 3 is 2.50 bits per heavy atom. The quantitative estimate of drug-likeness (QED) is 0.670. The summed E-state index contributed by atoms with van der Waals surface area (Å²) < 4.78 is 7.84. The first-order valence-electron chi connectivity index (χ1n) is 6.50. The highest BCUT2D eigenvalue weighted by atomic mass is 127. The molecule has 0 heterocycles. The molecule has 4 heteroatoms. The van der Waals surface area contributed by atoms with Gasteiger partial charge in [0.2, 0.25) is 0 Å². The Morgan fingerprint density at radius 2 is 1.90 bits per heavy atom. The highest BCUT2D eigenvalue weighted by Gasteiger charge is 2.15. The molecule has 0 amide bonds. The van der Waals surface area contributed by atoms with E-state index in [1.54, 1.807) is 0 Å². The number of nitrogens with one attached hydrogen (secondary N) is 1. The first kappa shape index (κ1) is 15.8. The SMILES string of the molecule is CCOc1ccc(C(NC)c2cc(Br)ccc2I)cc1. The van der Waals surface area contributed by atoms with E-state index >= 15 is 0 Å². The van der Waals surface area contributed by atoms with Crippen LogP contribution in [0, 0.1) is 3.57 Å². The summed E-state index contributed by atoms with van der Waals surface area (Å²) in [6, 6.07) is 14.8. The summed E-state index contributed by atoms with van der Waals surface area (Å²) in [4.78, 5) is 0. The molecule has 0 saturated heterocycles. The van der Waals surface area contributed by atoms with E-state index in [4.69, 9.17) is 4.74 Å². The number of hydrogen-bond acceptors (Lipinski definition) is 2. The molecule has 0 bridgehead atoms. The standard InChI is InChI=1S/C16H17BrINO/c1-3-20-13-7-4-11(5-8-13)16(19-2)14-10-12(17)6-9-15(14)18/h4-10,16,19H,3H2,1-2H3. The lowest BCUT2D eigenvalue weighted by atomic mass is 9.99. The van der Waals surface area contributed by atoms with Crippen LogP contribution in [-0.2, 0) is 0 Å². The summed E-state index contributed by atoms with van der Waals surface area (Å²) in [5, 5.41) is 3.39. The minimum atomic E-state index is 0.176. The van der Waals surface area contributed by atoms with E-state index in [1.165, 1.54) is 14.7 Å². The largest absolute Gasteiger partial charge is 0.494 e. The van der Waals surface area contributed by atoms with Crippen LogP contribution in [0.15, 0.2) is 46.9 Å². The van der Waals surface area contributed by atoms with E-state index in [9.17, 15) is 0 Å². The van der Waals surface area contributed by atoms with Crippen LogP contribution in [0.1, 0.15) is 24.1 Å². The molecule has 1 N–H and O–H groups in total. The van der Waals surface area contributed by atoms with Crippen LogP contribution in [0.3, 0.4) is 0 Å². The van der Waals surface area contributed by atoms with Gasteiger partial charge in [0.15, 0.2) is 0 Å². The zero-order valence-corrected chi connectivity index (χ0v) is 15.2. The Labute approximate surface area is 142 Å². The van der Waals surface area contributed by atoms with Gasteiger partial charge in [-0.15, -0.1) is 0 Å². The van der Waals surface area contributed by atoms with Gasteiger partial charge in [-0.2, -0.15) is 0 Å². The summed E-state index contributed by atoms with van der Waals surface area (Å²) in [6.07, 6.45) is 0. The Morgan fingerprint density at radius 1 is 1.20 bits per heavy atom. The third kappa shape index (κ3) is 3.74. The minimum absolute atomic E-state index is 0.176. The van der Waals surface area contributed by atoms with Gasteiger partial charge in [-0.3, -0.25) is 0 Å². The van der Waals surface area contributed by atoms with Crippen molar-refractivity contribution < 1.29 is 4.74 Å². The molecule has 2 aromatic carbocycles. The van der Waals surface area contributed by atoms with Gasteiger partial charge < -0.3 is 10.1 Å². The molecule has 0 fully saturated rings. The summed E-state index contributed by atoms with van der Waals surface area (Å²) in [6.45, 7) is 2.69. The van der Waals surface area contributed by atoms with Gasteiger partial charge in [0.1, 0.15) is 5.75 Å². The molecule has 0 spiro atoms. The van der Waals surface area contributed by atoms with Crippen molar-refractivity contribution in [1.82, 2.24) is 5.32 Å². The molecule has 0 radical (unpaired) electrons. The van der Waals surface area contributed by atoms with E-state index in [0.29, 0.717) is 6.61 Å². The Kier molecular flexibility index (Phi) is 5.86. The Hall–Kier alpha value is -0.590. The molecule has 0 saturated carbocycles. The van der Waals surface area contributed by atoms with Gasteiger partial charge in [-0.05, 0) is 78.0 Å². The van der Waals surface area contributed by atoms with Crippen molar-refractivity contribution in [3.05, 3.63) is 61.6 Å². The molecule has 2 aromatic rings. The summed E-state index contributed by atoms with van der Waals surface area (Å²) in [5.41, 5.74) is 2.50. The maximum Gasteiger partial charge on any atom is 0.119 e. The first-order chi connectivity index (χ1) is 9.65. The molecule has 106 valence electrons. The van der Waals surface area contributed by atoms with Crippen LogP contribution < -0.4 is 10.1 Å². The van der Waals surface area contributed by atoms with E-state index in [2.05, 4.69) is 74.2 Å². The van der Waals surface area contributed by atoms with Crippen molar-refractivity contribution >= 4 is 38.5 Å². The van der Waals surface area contributed by atoms with Gasteiger partial charge in [-0.1, -0.05) is 28.1 Å². The van der Waals surface area contributed by atoms with Crippen molar-refractivity contribution in [2.24, 2.45) is 0 Å². The smallest absolute Gasteiger partial charge is 0.119 e. The Balaban J connectivity index is 2.34. The molecular weight excluding hydrogens is 429 g/mol. The molecule has 1 unspecified atom stereocenters. The Bertz CT molecular complexity index is 571. The maximum absolute atomic E-state index is 5.49. The second-order valence-electron chi connectivity index (χ2n) is 4.39. The fraction of sp³-hybridized carbons (Fsp3) is 0.250. The number of rotatable bonds is 5. The predicted octanol–water partition coefficient (Wildman–Crippen LogP) is 4.76. The molecule has 2 nitrogen and oxygen atoms in total. The second-order valence-corrected chi connectivity index (χ2v) is 6.47. The van der Waals surface area contributed by atoms with Crippen LogP contribution in [0.2, 0.25) is 0 Å². The zero-order chi connectivity index (χ0) is 14.5. The van der Waals surface area contributed by atoms with Crippen LogP contribution in [0.5, 0.6) is 5.75 Å². The number of ether oxygens (including phenoxy) is 1. The second kappa shape index (κ2) is 7.43. The van der Waals surface area contributed by atoms with Gasteiger partial charge in [-0.25, -0.2) is 0 Å². The number of benzene rings is 2. The van der Waals surface area contributed by atoms with Gasteiger partial charge in [0.05, 0.1) is 12.6 Å². The molecule has 1 atom stereocenters. The third-order valence-corrected chi connectivity index (χ3v) is 4.56. The number of halogens is 2. The third-order valence-electron chi connectivity index (χ3n) is 3.08. The van der Waals surface area contributed by atoms with Crippen molar-refractivity contribution in [3.8, 4) is 5.75 Å². The molecule has 0 aliphatic carbocycles. The lowest BCUT2D eigenvalue weighted by molar-refractivity contribution is 0.340. The van der Waals surface area contributed by atoms with Crippen LogP contribution in [0.4, 0.5) is 0 Å². The number of hydrogen-bond donors (Lipinski definition) is 1. The van der Waals surface area contributed by atoms with Gasteiger partial charge in [0, 0.05) is 8.04 Å². The van der Waals surface area contributed by atoms with Crippen LogP contribution in [0.25, 0.3) is 0 Å². The lowest BCUT2D eigenvalue weighted by Crippen LogP contribution is -2.18. The average Bonchev–Trinajstić information content (AvgIpc) is 2.45. The molecule has 0 aliphatic heterocycles. The molecule has 20 heavy (non-hydrogen) atoms. The first-order valence-corrected chi connectivity index (χ1v) is 8.38. The van der Waals surface area contributed by atoms with Gasteiger partial charge >= 0.3 is 0 Å². The minimum Gasteiger partial charge on any atom is -0.494 e. The van der Waals surface area contributed by atoms with E-state index in [1.807, 2.05) is 26.1 Å². The van der Waals surface area contributed by atoms with Crippen molar-refractivity contribution in [3.63, 3.8) is 0 Å². The highest BCUT2D eigenvalue weighted by Crippen LogP contribution is 2.29. The maximum atomic E-state index is 5.49. The molecule has 2 rings (SSSR count). The van der Waals surface area contributed by atoms with Crippen LogP contribution >= 0.6 is 38.5 Å². The van der Waals surface area contributed by atoms with E-state index in [-0.39, 0.29) is 6.04 Å². The van der Waals surface area contributed by atoms with Crippen molar-refractivity contribution in [2.75, 3.05) is 13.7 Å². The van der Waals surface area contributed by atoms with E-state index < -0.39 is 0 Å². The van der Waals surface area contributed by atoms with Gasteiger partial charge in [0.25, 0.3) is 0 Å². The molecule has 0 aromatic heterocycles. The van der Waals surface area contributed by atoms with E-state index in [0.717, 1.165) is 10.2 Å². The summed E-state index contributed by atoms with van der Waals surface area (Å²) in [7, 11) is 1.98. The fourth-order valence-electron chi connectivity index (χ4n) is 2.16. The van der Waals surface area contributed by atoms with Crippen molar-refractivity contribution in [2.45, 2.75) is 13.0 Å². The topological polar surface area (TPSA) is 21.3 Å². The average molecular weight is 446 g/mol. The van der Waals surface area contributed by atoms with Crippen molar-refractivity contribution in [1.29, 1.82) is 0 Å². The molecular formula is C16H17BrINO. The zero-order valence-electron chi connectivity index (χ0n) is 11.5. The fourth-order valence-corrected chi connectivity index (χ4v) is 3.19. The monoisotopic (exact) mass is 445 g/mol. The summed E-state index contributed by atoms with van der Waals surface area (Å²) in [5.74, 6) is 0.912. The normalized spacial score (nSPS) is 12.2. The predicted molar refractivity (Wildman–Crippen MR) is 95.4 cm³/mol. The lowest BCUT2D eigenvalue weighted by Gasteiger charge is -2.19. The molecule has 0 aliphatic rings.